The van der Waals surface area contributed by atoms with Crippen LogP contribution in [0, 0.1) is 5.92 Å². The molecule has 172 valence electrons. The van der Waals surface area contributed by atoms with Crippen LogP contribution in [-0.4, -0.2) is 46.2 Å². The van der Waals surface area contributed by atoms with E-state index in [9.17, 15) is 24.6 Å². The van der Waals surface area contributed by atoms with E-state index >= 15 is 0 Å². The molecule has 0 fully saturated rings. The first kappa shape index (κ1) is 25.0. The number of aliphatic carboxylic acids is 1. The molecule has 0 bridgehead atoms. The maximum atomic E-state index is 12.9. The molecule has 6 N–H and O–H groups in total. The minimum atomic E-state index is -1.59. The number of carboxylic acid groups (broad SMARTS) is 1. The van der Waals surface area contributed by atoms with E-state index in [1.54, 1.807) is 54.6 Å². The van der Waals surface area contributed by atoms with Crippen molar-refractivity contribution >= 4 is 17.8 Å². The van der Waals surface area contributed by atoms with Crippen LogP contribution >= 0.6 is 0 Å². The van der Waals surface area contributed by atoms with E-state index in [0.717, 1.165) is 5.56 Å². The van der Waals surface area contributed by atoms with Crippen LogP contribution in [0.3, 0.4) is 0 Å². The van der Waals surface area contributed by atoms with Crippen molar-refractivity contribution < 1.29 is 24.6 Å². The van der Waals surface area contributed by atoms with Gasteiger partial charge in [-0.05, 0) is 23.5 Å². The van der Waals surface area contributed by atoms with Crippen LogP contribution in [0.1, 0.15) is 37.4 Å². The predicted octanol–water partition coefficient (Wildman–Crippen LogP) is 1.39. The fourth-order valence-corrected chi connectivity index (χ4v) is 3.30. The summed E-state index contributed by atoms with van der Waals surface area (Å²) in [6, 6.07) is 14.5. The highest BCUT2D eigenvalue weighted by Gasteiger charge is 2.31. The Hall–Kier alpha value is -3.23. The van der Waals surface area contributed by atoms with Crippen molar-refractivity contribution in [2.75, 3.05) is 0 Å². The highest BCUT2D eigenvalue weighted by atomic mass is 16.4. The molecule has 32 heavy (non-hydrogen) atoms. The molecule has 0 spiro atoms. The van der Waals surface area contributed by atoms with Gasteiger partial charge in [0.05, 0.1) is 6.04 Å². The lowest BCUT2D eigenvalue weighted by molar-refractivity contribution is -0.143. The van der Waals surface area contributed by atoms with Crippen LogP contribution < -0.4 is 16.4 Å². The van der Waals surface area contributed by atoms with E-state index < -0.39 is 42.0 Å². The first-order chi connectivity index (χ1) is 15.2. The number of benzene rings is 2. The Labute approximate surface area is 187 Å². The van der Waals surface area contributed by atoms with Gasteiger partial charge in [0.1, 0.15) is 12.1 Å². The number of hydrogen-bond donors (Lipinski definition) is 5. The van der Waals surface area contributed by atoms with E-state index in [1.807, 2.05) is 19.9 Å². The zero-order chi connectivity index (χ0) is 23.7. The zero-order valence-corrected chi connectivity index (χ0v) is 18.3. The molecule has 0 unspecified atom stereocenters. The monoisotopic (exact) mass is 441 g/mol. The minimum Gasteiger partial charge on any atom is -0.480 e. The second-order valence-corrected chi connectivity index (χ2v) is 8.16. The van der Waals surface area contributed by atoms with Crippen LogP contribution in [0.2, 0.25) is 0 Å². The lowest BCUT2D eigenvalue weighted by Gasteiger charge is -2.25. The van der Waals surface area contributed by atoms with Gasteiger partial charge in [-0.1, -0.05) is 74.5 Å². The summed E-state index contributed by atoms with van der Waals surface area (Å²) < 4.78 is 0. The van der Waals surface area contributed by atoms with Crippen LogP contribution in [0.15, 0.2) is 60.7 Å². The first-order valence-corrected chi connectivity index (χ1v) is 10.5. The quantitative estimate of drug-likeness (QED) is 0.357. The summed E-state index contributed by atoms with van der Waals surface area (Å²) in [4.78, 5) is 37.2. The highest BCUT2D eigenvalue weighted by Crippen LogP contribution is 2.15. The fraction of sp³-hybridized carbons (Fsp3) is 0.375. The molecular formula is C24H31N3O5. The van der Waals surface area contributed by atoms with Gasteiger partial charge >= 0.3 is 5.97 Å². The normalized spacial score (nSPS) is 14.8. The largest absolute Gasteiger partial charge is 0.480 e. The lowest BCUT2D eigenvalue weighted by Crippen LogP contribution is -2.55. The number of carbonyl (C=O) groups excluding carboxylic acids is 2. The maximum absolute atomic E-state index is 12.9. The van der Waals surface area contributed by atoms with Crippen molar-refractivity contribution in [1.82, 2.24) is 10.6 Å². The number of amides is 2. The Kier molecular flexibility index (Phi) is 9.37. The predicted molar refractivity (Wildman–Crippen MR) is 120 cm³/mol. The van der Waals surface area contributed by atoms with Gasteiger partial charge in [-0.2, -0.15) is 0 Å². The van der Waals surface area contributed by atoms with Crippen LogP contribution in [0.5, 0.6) is 0 Å². The summed E-state index contributed by atoms with van der Waals surface area (Å²) in [5.41, 5.74) is 7.37. The number of hydrogen-bond acceptors (Lipinski definition) is 5. The number of rotatable bonds is 11. The van der Waals surface area contributed by atoms with Crippen LogP contribution in [0.25, 0.3) is 0 Å². The summed E-state index contributed by atoms with van der Waals surface area (Å²) in [5.74, 6) is -2.56. The Bertz CT molecular complexity index is 889. The van der Waals surface area contributed by atoms with Gasteiger partial charge in [-0.3, -0.25) is 9.59 Å². The summed E-state index contributed by atoms with van der Waals surface area (Å²) >= 11 is 0. The Morgan fingerprint density at radius 2 is 1.41 bits per heavy atom. The molecule has 0 aromatic heterocycles. The molecule has 2 rings (SSSR count). The Morgan fingerprint density at radius 1 is 0.875 bits per heavy atom. The van der Waals surface area contributed by atoms with Crippen molar-refractivity contribution in [3.05, 3.63) is 71.8 Å². The summed E-state index contributed by atoms with van der Waals surface area (Å²) in [6.45, 7) is 3.71. The summed E-state index contributed by atoms with van der Waals surface area (Å²) in [5, 5.41) is 25.0. The standard InChI is InChI=1S/C24H31N3O5/c1-15(2)13-19(24(31)32)27-22(29)18(14-16-9-5-3-6-10-16)26-23(30)21(28)20(25)17-11-7-4-8-12-17/h3-12,15,18-21,28H,13-14,25H2,1-2H3,(H,26,30)(H,27,29)(H,31,32)/t18-,19-,20-,21+/m0/s1. The number of nitrogens with two attached hydrogens (primary N) is 1. The second-order valence-electron chi connectivity index (χ2n) is 8.16. The van der Waals surface area contributed by atoms with E-state index in [0.29, 0.717) is 5.56 Å². The summed E-state index contributed by atoms with van der Waals surface area (Å²) in [7, 11) is 0. The number of nitrogens with one attached hydrogen (secondary N) is 2. The molecule has 0 aliphatic heterocycles. The Morgan fingerprint density at radius 3 is 1.94 bits per heavy atom. The molecule has 0 aliphatic rings. The van der Waals surface area contributed by atoms with Gasteiger partial charge in [0, 0.05) is 6.42 Å². The molecule has 2 aromatic carbocycles. The van der Waals surface area contributed by atoms with Gasteiger partial charge in [0.2, 0.25) is 5.91 Å². The molecule has 0 aliphatic carbocycles. The molecule has 0 saturated heterocycles. The highest BCUT2D eigenvalue weighted by molar-refractivity contribution is 5.92. The average molecular weight is 442 g/mol. The minimum absolute atomic E-state index is 0.0456. The number of carbonyl (C=O) groups is 3. The molecule has 0 saturated carbocycles. The summed E-state index contributed by atoms with van der Waals surface area (Å²) in [6.07, 6.45) is -1.22. The van der Waals surface area contributed by atoms with Crippen molar-refractivity contribution in [1.29, 1.82) is 0 Å². The van der Waals surface area contributed by atoms with Crippen LogP contribution in [0.4, 0.5) is 0 Å². The average Bonchev–Trinajstić information content (AvgIpc) is 2.78. The van der Waals surface area contributed by atoms with Crippen molar-refractivity contribution in [2.45, 2.75) is 50.9 Å². The third-order valence-electron chi connectivity index (χ3n) is 5.03. The molecule has 8 nitrogen and oxygen atoms in total. The van der Waals surface area contributed by atoms with Crippen molar-refractivity contribution in [2.24, 2.45) is 11.7 Å². The Balaban J connectivity index is 2.17. The third kappa shape index (κ3) is 7.47. The van der Waals surface area contributed by atoms with Crippen LogP contribution in [-0.2, 0) is 20.8 Å². The van der Waals surface area contributed by atoms with Gasteiger partial charge in [0.15, 0.2) is 6.10 Å². The van der Waals surface area contributed by atoms with Gasteiger partial charge in [-0.15, -0.1) is 0 Å². The van der Waals surface area contributed by atoms with Gasteiger partial charge < -0.3 is 26.6 Å². The molecule has 2 aromatic rings. The van der Waals surface area contributed by atoms with Gasteiger partial charge in [-0.25, -0.2) is 4.79 Å². The first-order valence-electron chi connectivity index (χ1n) is 10.5. The zero-order valence-electron chi connectivity index (χ0n) is 18.3. The lowest BCUT2D eigenvalue weighted by atomic mass is 9.99. The van der Waals surface area contributed by atoms with Crippen molar-refractivity contribution in [3.8, 4) is 0 Å². The molecule has 0 radical (unpaired) electrons. The third-order valence-corrected chi connectivity index (χ3v) is 5.03. The number of aliphatic hydroxyl groups excluding tert-OH is 1. The van der Waals surface area contributed by atoms with E-state index in [-0.39, 0.29) is 18.8 Å². The smallest absolute Gasteiger partial charge is 0.326 e. The maximum Gasteiger partial charge on any atom is 0.326 e. The number of aliphatic hydroxyl groups is 1. The topological polar surface area (TPSA) is 142 Å². The fourth-order valence-electron chi connectivity index (χ4n) is 3.30. The number of carboxylic acids is 1. The van der Waals surface area contributed by atoms with E-state index in [4.69, 9.17) is 5.73 Å². The van der Waals surface area contributed by atoms with E-state index in [2.05, 4.69) is 10.6 Å². The second kappa shape index (κ2) is 12.0. The molecule has 2 amide bonds. The molecular weight excluding hydrogens is 410 g/mol. The van der Waals surface area contributed by atoms with Gasteiger partial charge in [0.25, 0.3) is 5.91 Å². The SMILES string of the molecule is CC(C)C[C@H](NC(=O)[C@H](Cc1ccccc1)NC(=O)[C@H](O)[C@@H](N)c1ccccc1)C(=O)O. The molecule has 4 atom stereocenters. The molecule has 0 heterocycles. The van der Waals surface area contributed by atoms with E-state index in [1.165, 1.54) is 0 Å². The van der Waals surface area contributed by atoms with Crippen molar-refractivity contribution in [3.63, 3.8) is 0 Å². The molecule has 8 heteroatoms.